The van der Waals surface area contributed by atoms with Gasteiger partial charge in [-0.3, -0.25) is 9.69 Å². The monoisotopic (exact) mass is 244 g/mol. The molecule has 92 valence electrons. The van der Waals surface area contributed by atoms with Crippen molar-refractivity contribution in [2.45, 2.75) is 24.3 Å². The van der Waals surface area contributed by atoms with Crippen LogP contribution in [0, 0.1) is 11.3 Å². The average molecular weight is 244 g/mol. The average Bonchev–Trinajstić information content (AvgIpc) is 2.88. The highest BCUT2D eigenvalue weighted by Crippen LogP contribution is 2.44. The second-order valence-electron chi connectivity index (χ2n) is 4.65. The van der Waals surface area contributed by atoms with Crippen molar-refractivity contribution in [3.8, 4) is 6.07 Å². The fourth-order valence-corrected chi connectivity index (χ4v) is 2.63. The number of hydrogen-bond donors (Lipinski definition) is 1. The first-order chi connectivity index (χ1) is 8.68. The lowest BCUT2D eigenvalue weighted by atomic mass is 9.99. The summed E-state index contributed by atoms with van der Waals surface area (Å²) in [6.45, 7) is 0.145. The van der Waals surface area contributed by atoms with Gasteiger partial charge < -0.3 is 9.84 Å². The van der Waals surface area contributed by atoms with Gasteiger partial charge in [-0.15, -0.1) is 0 Å². The van der Waals surface area contributed by atoms with Crippen molar-refractivity contribution in [3.63, 3.8) is 0 Å². The van der Waals surface area contributed by atoms with Crippen LogP contribution in [0.4, 0.5) is 0 Å². The quantitative estimate of drug-likeness (QED) is 0.783. The summed E-state index contributed by atoms with van der Waals surface area (Å²) in [7, 11) is 0. The Labute approximate surface area is 104 Å². The van der Waals surface area contributed by atoms with E-state index in [1.165, 1.54) is 4.90 Å². The van der Waals surface area contributed by atoms with Crippen molar-refractivity contribution in [2.75, 3.05) is 6.61 Å². The highest BCUT2D eigenvalue weighted by molar-refractivity contribution is 5.85. The van der Waals surface area contributed by atoms with Crippen molar-refractivity contribution < 1.29 is 14.6 Å². The molecule has 3 atom stereocenters. The van der Waals surface area contributed by atoms with Gasteiger partial charge >= 0.3 is 0 Å². The molecule has 0 bridgehead atoms. The van der Waals surface area contributed by atoms with Crippen molar-refractivity contribution >= 4 is 5.91 Å². The van der Waals surface area contributed by atoms with E-state index in [-0.39, 0.29) is 13.0 Å². The molecule has 0 aliphatic carbocycles. The first-order valence-electron chi connectivity index (χ1n) is 5.77. The normalized spacial score (nSPS) is 34.4. The molecule has 2 heterocycles. The summed E-state index contributed by atoms with van der Waals surface area (Å²) in [5.41, 5.74) is -0.200. The molecule has 0 unspecified atom stereocenters. The molecule has 5 heteroatoms. The third kappa shape index (κ3) is 1.37. The van der Waals surface area contributed by atoms with E-state index in [0.29, 0.717) is 0 Å². The predicted molar refractivity (Wildman–Crippen MR) is 60.9 cm³/mol. The maximum atomic E-state index is 12.0. The summed E-state index contributed by atoms with van der Waals surface area (Å²) in [5, 5.41) is 19.0. The van der Waals surface area contributed by atoms with E-state index in [1.54, 1.807) is 0 Å². The Morgan fingerprint density at radius 2 is 2.17 bits per heavy atom. The Morgan fingerprint density at radius 1 is 1.44 bits per heavy atom. The second-order valence-corrected chi connectivity index (χ2v) is 4.65. The maximum absolute atomic E-state index is 12.0. The van der Waals surface area contributed by atoms with Crippen LogP contribution in [0.15, 0.2) is 30.3 Å². The molecule has 2 saturated heterocycles. The number of ether oxygens (including phenoxy) is 1. The second kappa shape index (κ2) is 3.80. The van der Waals surface area contributed by atoms with Gasteiger partial charge in [0.1, 0.15) is 6.10 Å². The molecule has 0 saturated carbocycles. The molecule has 2 aliphatic rings. The number of aliphatic hydroxyl groups is 1. The summed E-state index contributed by atoms with van der Waals surface area (Å²) in [4.78, 5) is 13.4. The number of amides is 1. The number of nitriles is 1. The van der Waals surface area contributed by atoms with E-state index in [1.807, 2.05) is 30.3 Å². The molecule has 1 aromatic carbocycles. The number of aliphatic hydroxyl groups excluding tert-OH is 1. The molecular weight excluding hydrogens is 232 g/mol. The lowest BCUT2D eigenvalue weighted by molar-refractivity contribution is -0.141. The zero-order chi connectivity index (χ0) is 12.8. The molecule has 0 radical (unpaired) electrons. The largest absolute Gasteiger partial charge is 0.383 e. The molecule has 0 spiro atoms. The summed E-state index contributed by atoms with van der Waals surface area (Å²) in [6, 6.07) is 11.4. The van der Waals surface area contributed by atoms with E-state index >= 15 is 0 Å². The molecule has 2 fully saturated rings. The first kappa shape index (κ1) is 11.2. The van der Waals surface area contributed by atoms with Crippen LogP contribution in [0.3, 0.4) is 0 Å². The van der Waals surface area contributed by atoms with Crippen LogP contribution >= 0.6 is 0 Å². The molecule has 1 N–H and O–H groups in total. The van der Waals surface area contributed by atoms with Crippen molar-refractivity contribution in [1.29, 1.82) is 5.26 Å². The van der Waals surface area contributed by atoms with Gasteiger partial charge in [0, 0.05) is 12.0 Å². The van der Waals surface area contributed by atoms with Crippen LogP contribution in [0.25, 0.3) is 0 Å². The lowest BCUT2D eigenvalue weighted by Gasteiger charge is -2.26. The van der Waals surface area contributed by atoms with E-state index in [0.717, 1.165) is 5.56 Å². The van der Waals surface area contributed by atoms with Gasteiger partial charge in [-0.2, -0.15) is 5.26 Å². The van der Waals surface area contributed by atoms with Crippen molar-refractivity contribution in [2.24, 2.45) is 0 Å². The van der Waals surface area contributed by atoms with Gasteiger partial charge in [-0.05, 0) is 0 Å². The van der Waals surface area contributed by atoms with E-state index in [9.17, 15) is 15.2 Å². The number of rotatable bonds is 1. The highest BCUT2D eigenvalue weighted by atomic mass is 16.5. The number of benzene rings is 1. The summed E-state index contributed by atoms with van der Waals surface area (Å²) in [5.74, 6) is -0.428. The van der Waals surface area contributed by atoms with Crippen LogP contribution < -0.4 is 0 Å². The number of fused-ring (bicyclic) bond motifs is 1. The molecule has 1 amide bonds. The Bertz CT molecular complexity index is 525. The smallest absolute Gasteiger partial charge is 0.255 e. The van der Waals surface area contributed by atoms with Crippen LogP contribution in [0.1, 0.15) is 18.2 Å². The van der Waals surface area contributed by atoms with Gasteiger partial charge in [0.25, 0.3) is 5.91 Å². The van der Waals surface area contributed by atoms with Crippen LogP contribution in [0.2, 0.25) is 0 Å². The zero-order valence-electron chi connectivity index (χ0n) is 9.61. The fraction of sp³-hybridized carbons (Fsp3) is 0.385. The van der Waals surface area contributed by atoms with E-state index in [2.05, 4.69) is 6.07 Å². The van der Waals surface area contributed by atoms with Crippen LogP contribution in [-0.2, 0) is 9.53 Å². The van der Waals surface area contributed by atoms with Gasteiger partial charge in [-0.25, -0.2) is 0 Å². The molecular formula is C13H12N2O3. The summed E-state index contributed by atoms with van der Waals surface area (Å²) < 4.78 is 5.59. The van der Waals surface area contributed by atoms with Crippen LogP contribution in [0.5, 0.6) is 0 Å². The molecule has 2 aliphatic heterocycles. The van der Waals surface area contributed by atoms with Gasteiger partial charge in [0.05, 0.1) is 12.7 Å². The maximum Gasteiger partial charge on any atom is 0.255 e. The molecule has 18 heavy (non-hydrogen) atoms. The summed E-state index contributed by atoms with van der Waals surface area (Å²) in [6.07, 6.45) is -1.55. The standard InChI is InChI=1S/C13H12N2O3/c14-7-13-6-10(16)11(17)15(13)12(18-8-13)9-4-2-1-3-5-9/h1-5,10,12,16H,6,8H2/t10-,12+,13+/m0/s1. The predicted octanol–water partition coefficient (Wildman–Crippen LogP) is 0.571. The molecule has 5 nitrogen and oxygen atoms in total. The lowest BCUT2D eigenvalue weighted by Crippen LogP contribution is -2.42. The first-order valence-corrected chi connectivity index (χ1v) is 5.77. The third-order valence-corrected chi connectivity index (χ3v) is 3.52. The Kier molecular flexibility index (Phi) is 2.37. The molecule has 0 aromatic heterocycles. The minimum Gasteiger partial charge on any atom is -0.383 e. The van der Waals surface area contributed by atoms with Crippen molar-refractivity contribution in [1.82, 2.24) is 4.90 Å². The molecule has 3 rings (SSSR count). The van der Waals surface area contributed by atoms with Gasteiger partial charge in [0.15, 0.2) is 11.8 Å². The van der Waals surface area contributed by atoms with Crippen molar-refractivity contribution in [3.05, 3.63) is 35.9 Å². The number of carbonyl (C=O) groups excluding carboxylic acids is 1. The summed E-state index contributed by atoms with van der Waals surface area (Å²) >= 11 is 0. The number of nitrogens with zero attached hydrogens (tertiary/aromatic N) is 2. The highest BCUT2D eigenvalue weighted by Gasteiger charge is 2.58. The van der Waals surface area contributed by atoms with Gasteiger partial charge in [-0.1, -0.05) is 30.3 Å². The zero-order valence-corrected chi connectivity index (χ0v) is 9.61. The minimum absolute atomic E-state index is 0.117. The van der Waals surface area contributed by atoms with E-state index in [4.69, 9.17) is 4.74 Å². The fourth-order valence-electron chi connectivity index (χ4n) is 2.63. The Hall–Kier alpha value is -1.90. The van der Waals surface area contributed by atoms with Gasteiger partial charge in [0.2, 0.25) is 0 Å². The van der Waals surface area contributed by atoms with E-state index < -0.39 is 23.8 Å². The Morgan fingerprint density at radius 3 is 2.83 bits per heavy atom. The Balaban J connectivity index is 2.02. The number of hydrogen-bond acceptors (Lipinski definition) is 4. The number of carbonyl (C=O) groups is 1. The minimum atomic E-state index is -1.10. The molecule has 1 aromatic rings. The third-order valence-electron chi connectivity index (χ3n) is 3.52. The van der Waals surface area contributed by atoms with Crippen LogP contribution in [-0.4, -0.2) is 34.2 Å². The SMILES string of the molecule is N#C[C@]12CO[C@H](c3ccccc3)N1C(=O)[C@@H](O)C2. The topological polar surface area (TPSA) is 73.6 Å².